The average Bonchev–Trinajstić information content (AvgIpc) is 2.37. The van der Waals surface area contributed by atoms with Gasteiger partial charge in [-0.2, -0.15) is 0 Å². The van der Waals surface area contributed by atoms with E-state index in [0.29, 0.717) is 17.6 Å². The number of rotatable bonds is 4. The van der Waals surface area contributed by atoms with Gasteiger partial charge in [0.15, 0.2) is 0 Å². The summed E-state index contributed by atoms with van der Waals surface area (Å²) in [6, 6.07) is 1.51. The zero-order valence-electron chi connectivity index (χ0n) is 11.9. The fourth-order valence-electron chi connectivity index (χ4n) is 2.85. The summed E-state index contributed by atoms with van der Waals surface area (Å²) in [5.41, 5.74) is -0.145. The highest BCUT2D eigenvalue weighted by atomic mass is 16.4. The molecule has 1 saturated heterocycles. The lowest BCUT2D eigenvalue weighted by Crippen LogP contribution is -2.39. The van der Waals surface area contributed by atoms with Crippen molar-refractivity contribution in [2.24, 2.45) is 11.8 Å². The van der Waals surface area contributed by atoms with Crippen molar-refractivity contribution in [2.45, 2.75) is 33.1 Å². The van der Waals surface area contributed by atoms with E-state index in [-0.39, 0.29) is 17.9 Å². The Kier molecular flexibility index (Phi) is 4.42. The smallest absolute Gasteiger partial charge is 0.303 e. The Balaban J connectivity index is 2.10. The fraction of sp³-hybridized carbons (Fsp3) is 0.643. The number of carboxylic acids is 1. The molecular weight excluding hydrogens is 258 g/mol. The Morgan fingerprint density at radius 2 is 2.40 bits per heavy atom. The van der Waals surface area contributed by atoms with Crippen LogP contribution in [-0.4, -0.2) is 34.1 Å². The molecule has 0 aliphatic carbocycles. The largest absolute Gasteiger partial charge is 0.481 e. The molecule has 6 heteroatoms. The van der Waals surface area contributed by atoms with Gasteiger partial charge in [0.1, 0.15) is 11.6 Å². The quantitative estimate of drug-likeness (QED) is 0.870. The van der Waals surface area contributed by atoms with Crippen LogP contribution in [0.4, 0.5) is 5.82 Å². The number of H-pyrrole nitrogens is 1. The molecule has 1 aromatic rings. The minimum absolute atomic E-state index is 0.137. The molecule has 2 N–H and O–H groups in total. The third-order valence-corrected chi connectivity index (χ3v) is 3.93. The predicted molar refractivity (Wildman–Crippen MR) is 75.9 cm³/mol. The molecule has 0 saturated carbocycles. The minimum atomic E-state index is -0.750. The number of hydrogen-bond donors (Lipinski definition) is 2. The number of nitrogens with zero attached hydrogens (tertiary/aromatic N) is 2. The van der Waals surface area contributed by atoms with Crippen LogP contribution in [0.1, 0.15) is 32.0 Å². The number of aromatic amines is 1. The molecule has 2 rings (SSSR count). The van der Waals surface area contributed by atoms with E-state index in [1.165, 1.54) is 6.07 Å². The lowest BCUT2D eigenvalue weighted by molar-refractivity contribution is -0.138. The summed E-state index contributed by atoms with van der Waals surface area (Å²) in [4.78, 5) is 31.4. The van der Waals surface area contributed by atoms with Crippen LogP contribution in [0.15, 0.2) is 10.9 Å². The first-order valence-electron chi connectivity index (χ1n) is 7.00. The number of piperidine rings is 1. The molecule has 2 unspecified atom stereocenters. The van der Waals surface area contributed by atoms with Crippen LogP contribution in [0, 0.1) is 18.8 Å². The van der Waals surface area contributed by atoms with Crippen LogP contribution in [0.3, 0.4) is 0 Å². The minimum Gasteiger partial charge on any atom is -0.481 e. The zero-order valence-corrected chi connectivity index (χ0v) is 11.9. The molecule has 0 amide bonds. The van der Waals surface area contributed by atoms with Gasteiger partial charge in [0.2, 0.25) is 0 Å². The summed E-state index contributed by atoms with van der Waals surface area (Å²) in [6.45, 7) is 5.38. The monoisotopic (exact) mass is 279 g/mol. The topological polar surface area (TPSA) is 86.3 Å². The number of carboxylic acid groups (broad SMARTS) is 1. The third kappa shape index (κ3) is 3.59. The van der Waals surface area contributed by atoms with E-state index >= 15 is 0 Å². The van der Waals surface area contributed by atoms with E-state index in [9.17, 15) is 9.59 Å². The second kappa shape index (κ2) is 6.07. The van der Waals surface area contributed by atoms with Crippen LogP contribution < -0.4 is 10.5 Å². The normalized spacial score (nSPS) is 20.7. The summed E-state index contributed by atoms with van der Waals surface area (Å²) in [7, 11) is 0. The van der Waals surface area contributed by atoms with Gasteiger partial charge in [-0.05, 0) is 31.6 Å². The molecule has 20 heavy (non-hydrogen) atoms. The van der Waals surface area contributed by atoms with Gasteiger partial charge in [0.25, 0.3) is 5.56 Å². The Bertz CT molecular complexity index is 541. The van der Waals surface area contributed by atoms with Gasteiger partial charge in [-0.1, -0.05) is 6.92 Å². The number of aliphatic carboxylic acids is 1. The molecule has 2 atom stereocenters. The Hall–Kier alpha value is -1.85. The third-order valence-electron chi connectivity index (χ3n) is 3.93. The highest BCUT2D eigenvalue weighted by molar-refractivity contribution is 5.67. The second-order valence-corrected chi connectivity index (χ2v) is 5.61. The fourth-order valence-corrected chi connectivity index (χ4v) is 2.85. The molecule has 1 aliphatic rings. The van der Waals surface area contributed by atoms with Crippen molar-refractivity contribution >= 4 is 11.8 Å². The second-order valence-electron chi connectivity index (χ2n) is 5.61. The lowest BCUT2D eigenvalue weighted by atomic mass is 9.84. The SMILES string of the molecule is Cc1nc(N2CCCC(C(C)CC(=O)O)C2)cc(=O)[nH]1. The lowest BCUT2D eigenvalue weighted by Gasteiger charge is -2.36. The van der Waals surface area contributed by atoms with E-state index < -0.39 is 5.97 Å². The predicted octanol–water partition coefficient (Wildman–Crippen LogP) is 1.41. The molecule has 0 radical (unpaired) electrons. The molecule has 0 aromatic carbocycles. The summed E-state index contributed by atoms with van der Waals surface area (Å²) < 4.78 is 0. The Morgan fingerprint density at radius 1 is 1.65 bits per heavy atom. The number of aromatic nitrogens is 2. The summed E-state index contributed by atoms with van der Waals surface area (Å²) >= 11 is 0. The zero-order chi connectivity index (χ0) is 14.7. The van der Waals surface area contributed by atoms with Crippen molar-refractivity contribution in [1.29, 1.82) is 0 Å². The number of aryl methyl sites for hydroxylation is 1. The number of nitrogens with one attached hydrogen (secondary N) is 1. The van der Waals surface area contributed by atoms with Gasteiger partial charge >= 0.3 is 5.97 Å². The van der Waals surface area contributed by atoms with Crippen LogP contribution in [0.2, 0.25) is 0 Å². The van der Waals surface area contributed by atoms with Gasteiger partial charge in [-0.25, -0.2) is 4.98 Å². The van der Waals surface area contributed by atoms with E-state index in [0.717, 1.165) is 25.9 Å². The maximum Gasteiger partial charge on any atom is 0.303 e. The van der Waals surface area contributed by atoms with Crippen molar-refractivity contribution in [3.8, 4) is 0 Å². The van der Waals surface area contributed by atoms with Crippen LogP contribution in [0.5, 0.6) is 0 Å². The van der Waals surface area contributed by atoms with E-state index in [1.807, 2.05) is 6.92 Å². The van der Waals surface area contributed by atoms with E-state index in [4.69, 9.17) is 5.11 Å². The highest BCUT2D eigenvalue weighted by Crippen LogP contribution is 2.28. The highest BCUT2D eigenvalue weighted by Gasteiger charge is 2.26. The number of anilines is 1. The molecule has 1 aromatic heterocycles. The molecule has 0 spiro atoms. The summed E-state index contributed by atoms with van der Waals surface area (Å²) in [6.07, 6.45) is 2.23. The molecule has 1 fully saturated rings. The van der Waals surface area contributed by atoms with Gasteiger partial charge in [-0.15, -0.1) is 0 Å². The van der Waals surface area contributed by atoms with Gasteiger partial charge in [0.05, 0.1) is 0 Å². The van der Waals surface area contributed by atoms with E-state index in [1.54, 1.807) is 6.92 Å². The summed E-state index contributed by atoms with van der Waals surface area (Å²) in [5, 5.41) is 8.90. The molecule has 110 valence electrons. The maximum atomic E-state index is 11.5. The van der Waals surface area contributed by atoms with Crippen molar-refractivity contribution in [3.05, 3.63) is 22.2 Å². The molecule has 1 aliphatic heterocycles. The molecule has 6 nitrogen and oxygen atoms in total. The van der Waals surface area contributed by atoms with Gasteiger partial charge in [-0.3, -0.25) is 9.59 Å². The number of hydrogen-bond acceptors (Lipinski definition) is 4. The first kappa shape index (κ1) is 14.6. The van der Waals surface area contributed by atoms with Crippen molar-refractivity contribution in [1.82, 2.24) is 9.97 Å². The van der Waals surface area contributed by atoms with E-state index in [2.05, 4.69) is 14.9 Å². The molecule has 2 heterocycles. The molecular formula is C14H21N3O3. The first-order chi connectivity index (χ1) is 9.45. The van der Waals surface area contributed by atoms with Gasteiger partial charge < -0.3 is 15.0 Å². The van der Waals surface area contributed by atoms with Crippen molar-refractivity contribution in [3.63, 3.8) is 0 Å². The van der Waals surface area contributed by atoms with Crippen LogP contribution in [0.25, 0.3) is 0 Å². The standard InChI is InChI=1S/C14H21N3O3/c1-9(6-14(19)20)11-4-3-5-17(8-11)12-7-13(18)16-10(2)15-12/h7,9,11H,3-6,8H2,1-2H3,(H,19,20)(H,15,16,18). The number of carbonyl (C=O) groups is 1. The van der Waals surface area contributed by atoms with Gasteiger partial charge in [0, 0.05) is 25.6 Å². The Labute approximate surface area is 117 Å². The molecule has 0 bridgehead atoms. The first-order valence-corrected chi connectivity index (χ1v) is 7.00. The van der Waals surface area contributed by atoms with Crippen molar-refractivity contribution in [2.75, 3.05) is 18.0 Å². The Morgan fingerprint density at radius 3 is 3.05 bits per heavy atom. The van der Waals surface area contributed by atoms with Crippen LogP contribution >= 0.6 is 0 Å². The van der Waals surface area contributed by atoms with Crippen LogP contribution in [-0.2, 0) is 4.79 Å². The van der Waals surface area contributed by atoms with Crippen molar-refractivity contribution < 1.29 is 9.90 Å². The summed E-state index contributed by atoms with van der Waals surface area (Å²) in [5.74, 6) is 1.02. The average molecular weight is 279 g/mol. The maximum absolute atomic E-state index is 11.5.